The summed E-state index contributed by atoms with van der Waals surface area (Å²) in [7, 11) is 0. The van der Waals surface area contributed by atoms with Crippen LogP contribution in [-0.2, 0) is 0 Å². The summed E-state index contributed by atoms with van der Waals surface area (Å²) in [5.74, 6) is 0. The second kappa shape index (κ2) is 5.21. The second-order valence-corrected chi connectivity index (χ2v) is 4.81. The van der Waals surface area contributed by atoms with Crippen molar-refractivity contribution in [3.63, 3.8) is 0 Å². The van der Waals surface area contributed by atoms with Crippen molar-refractivity contribution in [1.29, 1.82) is 0 Å². The van der Waals surface area contributed by atoms with Crippen LogP contribution in [0.5, 0.6) is 0 Å². The number of hydrogen-bond donors (Lipinski definition) is 2. The molecule has 0 saturated heterocycles. The quantitative estimate of drug-likeness (QED) is 0.646. The Hall–Kier alpha value is -2.56. The molecule has 0 aliphatic carbocycles. The van der Waals surface area contributed by atoms with Crippen LogP contribution in [0.2, 0.25) is 0 Å². The first kappa shape index (κ1) is 12.5. The van der Waals surface area contributed by atoms with E-state index in [0.29, 0.717) is 0 Å². The SMILES string of the molecule is O=[N+]([O-])c1ccc([C@H]2CCNc3ccccc3N2)cc1. The van der Waals surface area contributed by atoms with E-state index in [0.717, 1.165) is 29.9 Å². The number of nitrogens with one attached hydrogen (secondary N) is 2. The summed E-state index contributed by atoms with van der Waals surface area (Å²) in [5.41, 5.74) is 3.35. The molecule has 0 aromatic heterocycles. The molecule has 2 aromatic carbocycles. The molecule has 5 heteroatoms. The van der Waals surface area contributed by atoms with Crippen LogP contribution in [0.25, 0.3) is 0 Å². The molecular weight excluding hydrogens is 254 g/mol. The summed E-state index contributed by atoms with van der Waals surface area (Å²) in [6.45, 7) is 0.867. The molecule has 5 nitrogen and oxygen atoms in total. The predicted octanol–water partition coefficient (Wildman–Crippen LogP) is 3.56. The van der Waals surface area contributed by atoms with E-state index in [1.54, 1.807) is 12.1 Å². The number of anilines is 2. The summed E-state index contributed by atoms with van der Waals surface area (Å²) in [6.07, 6.45) is 0.923. The van der Waals surface area contributed by atoms with E-state index < -0.39 is 0 Å². The summed E-state index contributed by atoms with van der Waals surface area (Å²) in [5, 5.41) is 17.6. The monoisotopic (exact) mass is 269 g/mol. The molecule has 0 unspecified atom stereocenters. The Morgan fingerprint density at radius 2 is 1.75 bits per heavy atom. The Morgan fingerprint density at radius 1 is 1.05 bits per heavy atom. The molecule has 2 N–H and O–H groups in total. The van der Waals surface area contributed by atoms with Crippen LogP contribution < -0.4 is 10.6 Å². The van der Waals surface area contributed by atoms with E-state index in [9.17, 15) is 10.1 Å². The molecule has 0 spiro atoms. The Balaban J connectivity index is 1.85. The molecule has 20 heavy (non-hydrogen) atoms. The maximum absolute atomic E-state index is 10.7. The zero-order chi connectivity index (χ0) is 13.9. The van der Waals surface area contributed by atoms with E-state index >= 15 is 0 Å². The molecule has 2 aromatic rings. The Morgan fingerprint density at radius 3 is 2.45 bits per heavy atom. The first-order valence-electron chi connectivity index (χ1n) is 6.58. The van der Waals surface area contributed by atoms with E-state index in [1.165, 1.54) is 0 Å². The summed E-state index contributed by atoms with van der Waals surface area (Å²) < 4.78 is 0. The van der Waals surface area contributed by atoms with Gasteiger partial charge in [0.1, 0.15) is 0 Å². The molecule has 1 atom stereocenters. The lowest BCUT2D eigenvalue weighted by Gasteiger charge is -2.17. The predicted molar refractivity (Wildman–Crippen MR) is 79.0 cm³/mol. The van der Waals surface area contributed by atoms with Crippen LogP contribution in [0.4, 0.5) is 17.1 Å². The van der Waals surface area contributed by atoms with Crippen molar-refractivity contribution >= 4 is 17.1 Å². The fourth-order valence-corrected chi connectivity index (χ4v) is 2.45. The molecule has 1 aliphatic heterocycles. The highest BCUT2D eigenvalue weighted by atomic mass is 16.6. The Labute approximate surface area is 116 Å². The fourth-order valence-electron chi connectivity index (χ4n) is 2.45. The molecule has 0 radical (unpaired) electrons. The average Bonchev–Trinajstić information content (AvgIpc) is 2.69. The number of benzene rings is 2. The first-order valence-corrected chi connectivity index (χ1v) is 6.58. The van der Waals surface area contributed by atoms with Crippen molar-refractivity contribution in [2.75, 3.05) is 17.2 Å². The largest absolute Gasteiger partial charge is 0.383 e. The third-order valence-corrected chi connectivity index (χ3v) is 3.51. The second-order valence-electron chi connectivity index (χ2n) is 4.81. The van der Waals surface area contributed by atoms with Gasteiger partial charge in [-0.25, -0.2) is 0 Å². The molecule has 0 amide bonds. The van der Waals surface area contributed by atoms with Gasteiger partial charge in [0, 0.05) is 18.7 Å². The number of nitro groups is 1. The molecule has 0 saturated carbocycles. The topological polar surface area (TPSA) is 67.2 Å². The van der Waals surface area contributed by atoms with Crippen molar-refractivity contribution < 1.29 is 4.92 Å². The van der Waals surface area contributed by atoms with Crippen molar-refractivity contribution in [1.82, 2.24) is 0 Å². The molecule has 1 aliphatic rings. The van der Waals surface area contributed by atoms with Crippen LogP contribution in [-0.4, -0.2) is 11.5 Å². The number of nitrogens with zero attached hydrogens (tertiary/aromatic N) is 1. The van der Waals surface area contributed by atoms with E-state index in [-0.39, 0.29) is 16.7 Å². The van der Waals surface area contributed by atoms with Crippen molar-refractivity contribution in [3.8, 4) is 0 Å². The number of non-ortho nitro benzene ring substituents is 1. The van der Waals surface area contributed by atoms with Crippen LogP contribution in [0, 0.1) is 10.1 Å². The minimum absolute atomic E-state index is 0.126. The molecule has 0 fully saturated rings. The van der Waals surface area contributed by atoms with Gasteiger partial charge in [-0.05, 0) is 24.1 Å². The summed E-state index contributed by atoms with van der Waals surface area (Å²) in [4.78, 5) is 10.3. The normalized spacial score (nSPS) is 17.3. The Bertz CT molecular complexity index is 625. The standard InChI is InChI=1S/C15H15N3O2/c19-18(20)12-7-5-11(6-8-12)13-9-10-16-14-3-1-2-4-15(14)17-13/h1-8,13,16-17H,9-10H2/t13-/m1/s1. The maximum Gasteiger partial charge on any atom is 0.269 e. The highest BCUT2D eigenvalue weighted by molar-refractivity contribution is 5.70. The molecule has 3 rings (SSSR count). The van der Waals surface area contributed by atoms with E-state index in [4.69, 9.17) is 0 Å². The molecule has 1 heterocycles. The number of hydrogen-bond acceptors (Lipinski definition) is 4. The number of nitro benzene ring substituents is 1. The van der Waals surface area contributed by atoms with E-state index in [2.05, 4.69) is 10.6 Å². The third kappa shape index (κ3) is 2.42. The van der Waals surface area contributed by atoms with Gasteiger partial charge < -0.3 is 10.6 Å². The zero-order valence-electron chi connectivity index (χ0n) is 10.9. The Kier molecular flexibility index (Phi) is 3.25. The first-order chi connectivity index (χ1) is 9.74. The van der Waals surface area contributed by atoms with Crippen LogP contribution >= 0.6 is 0 Å². The van der Waals surface area contributed by atoms with Gasteiger partial charge in [-0.2, -0.15) is 0 Å². The zero-order valence-corrected chi connectivity index (χ0v) is 10.9. The molecule has 0 bridgehead atoms. The van der Waals surface area contributed by atoms with Crippen molar-refractivity contribution in [3.05, 3.63) is 64.2 Å². The van der Waals surface area contributed by atoms with Crippen LogP contribution in [0.15, 0.2) is 48.5 Å². The van der Waals surface area contributed by atoms with Crippen molar-refractivity contribution in [2.45, 2.75) is 12.5 Å². The average molecular weight is 269 g/mol. The highest BCUT2D eigenvalue weighted by Gasteiger charge is 2.17. The fraction of sp³-hybridized carbons (Fsp3) is 0.200. The lowest BCUT2D eigenvalue weighted by molar-refractivity contribution is -0.384. The highest BCUT2D eigenvalue weighted by Crippen LogP contribution is 2.31. The number of fused-ring (bicyclic) bond motifs is 1. The smallest absolute Gasteiger partial charge is 0.269 e. The molecular formula is C15H15N3O2. The number of para-hydroxylation sites is 2. The van der Waals surface area contributed by atoms with Gasteiger partial charge in [-0.15, -0.1) is 0 Å². The van der Waals surface area contributed by atoms with Gasteiger partial charge >= 0.3 is 0 Å². The van der Waals surface area contributed by atoms with Gasteiger partial charge in [0.05, 0.1) is 22.3 Å². The minimum Gasteiger partial charge on any atom is -0.383 e. The molecule has 102 valence electrons. The van der Waals surface area contributed by atoms with Gasteiger partial charge in [0.25, 0.3) is 5.69 Å². The number of rotatable bonds is 2. The lowest BCUT2D eigenvalue weighted by atomic mass is 10.0. The maximum atomic E-state index is 10.7. The van der Waals surface area contributed by atoms with Gasteiger partial charge in [-0.1, -0.05) is 24.3 Å². The van der Waals surface area contributed by atoms with Crippen LogP contribution in [0.1, 0.15) is 18.0 Å². The lowest BCUT2D eigenvalue weighted by Crippen LogP contribution is -2.11. The van der Waals surface area contributed by atoms with E-state index in [1.807, 2.05) is 36.4 Å². The van der Waals surface area contributed by atoms with Gasteiger partial charge in [-0.3, -0.25) is 10.1 Å². The van der Waals surface area contributed by atoms with Crippen molar-refractivity contribution in [2.24, 2.45) is 0 Å². The van der Waals surface area contributed by atoms with Crippen LogP contribution in [0.3, 0.4) is 0 Å². The summed E-state index contributed by atoms with van der Waals surface area (Å²) >= 11 is 0. The van der Waals surface area contributed by atoms with Gasteiger partial charge in [0.2, 0.25) is 0 Å². The third-order valence-electron chi connectivity index (χ3n) is 3.51. The summed E-state index contributed by atoms with van der Waals surface area (Å²) in [6, 6.07) is 15.0. The van der Waals surface area contributed by atoms with Gasteiger partial charge in [0.15, 0.2) is 0 Å². The minimum atomic E-state index is -0.374.